The van der Waals surface area contributed by atoms with Gasteiger partial charge < -0.3 is 9.73 Å². The molecule has 0 spiro atoms. The standard InChI is InChI=1S/C22H21N5O2/c28-21(17-8-9-19-20(12-17)29-22(26-19)16-6-7-16)25-18(15-4-2-1-3-5-15)10-11-27-14-23-13-24-27/h1-5,8-9,12-14,16,18H,6-7,10-11H2,(H,25,28)/t18-/m0/s1. The number of carbonyl (C=O) groups is 1. The van der Waals surface area contributed by atoms with E-state index in [1.165, 1.54) is 6.33 Å². The molecule has 7 nitrogen and oxygen atoms in total. The Balaban J connectivity index is 1.35. The van der Waals surface area contributed by atoms with Gasteiger partial charge in [-0.1, -0.05) is 30.3 Å². The first-order chi connectivity index (χ1) is 14.3. The highest BCUT2D eigenvalue weighted by molar-refractivity contribution is 5.97. The first-order valence-electron chi connectivity index (χ1n) is 9.85. The summed E-state index contributed by atoms with van der Waals surface area (Å²) in [5.41, 5.74) is 3.09. The summed E-state index contributed by atoms with van der Waals surface area (Å²) in [4.78, 5) is 21.5. The molecule has 2 heterocycles. The Morgan fingerprint density at radius 2 is 2.07 bits per heavy atom. The van der Waals surface area contributed by atoms with Crippen molar-refractivity contribution in [1.82, 2.24) is 25.1 Å². The fourth-order valence-electron chi connectivity index (χ4n) is 3.45. The van der Waals surface area contributed by atoms with Crippen LogP contribution in [0.5, 0.6) is 0 Å². The lowest BCUT2D eigenvalue weighted by Gasteiger charge is -2.19. The molecule has 0 unspecified atom stereocenters. The van der Waals surface area contributed by atoms with Crippen LogP contribution >= 0.6 is 0 Å². The number of rotatable bonds is 7. The van der Waals surface area contributed by atoms with E-state index in [2.05, 4.69) is 20.4 Å². The molecule has 1 atom stereocenters. The van der Waals surface area contributed by atoms with Gasteiger partial charge in [-0.05, 0) is 43.0 Å². The highest BCUT2D eigenvalue weighted by Gasteiger charge is 2.29. The number of benzene rings is 2. The van der Waals surface area contributed by atoms with Crippen molar-refractivity contribution in [2.45, 2.75) is 37.8 Å². The number of nitrogens with zero attached hydrogens (tertiary/aromatic N) is 4. The third-order valence-electron chi connectivity index (χ3n) is 5.21. The summed E-state index contributed by atoms with van der Waals surface area (Å²) in [6.45, 7) is 0.658. The number of hydrogen-bond donors (Lipinski definition) is 1. The van der Waals surface area contributed by atoms with Gasteiger partial charge in [-0.3, -0.25) is 9.48 Å². The maximum atomic E-state index is 13.0. The Labute approximate surface area is 167 Å². The van der Waals surface area contributed by atoms with Crippen LogP contribution in [0.25, 0.3) is 11.1 Å². The Hall–Kier alpha value is -3.48. The van der Waals surface area contributed by atoms with Crippen LogP contribution in [-0.4, -0.2) is 25.7 Å². The SMILES string of the molecule is O=C(N[C@@H](CCn1cncn1)c1ccccc1)c1ccc2nc(C3CC3)oc2c1. The Kier molecular flexibility index (Phi) is 4.56. The molecule has 2 aromatic carbocycles. The first kappa shape index (κ1) is 17.6. The van der Waals surface area contributed by atoms with Gasteiger partial charge in [0.2, 0.25) is 0 Å². The molecular formula is C22H21N5O2. The van der Waals surface area contributed by atoms with E-state index in [9.17, 15) is 4.79 Å². The summed E-state index contributed by atoms with van der Waals surface area (Å²) in [7, 11) is 0. The van der Waals surface area contributed by atoms with Crippen LogP contribution < -0.4 is 5.32 Å². The van der Waals surface area contributed by atoms with E-state index < -0.39 is 0 Å². The minimum Gasteiger partial charge on any atom is -0.440 e. The fourth-order valence-corrected chi connectivity index (χ4v) is 3.45. The van der Waals surface area contributed by atoms with Crippen molar-refractivity contribution in [3.05, 3.63) is 78.2 Å². The van der Waals surface area contributed by atoms with Gasteiger partial charge in [0.15, 0.2) is 11.5 Å². The lowest BCUT2D eigenvalue weighted by atomic mass is 10.0. The molecule has 1 N–H and O–H groups in total. The van der Waals surface area contributed by atoms with Crippen molar-refractivity contribution in [2.24, 2.45) is 0 Å². The maximum Gasteiger partial charge on any atom is 0.251 e. The van der Waals surface area contributed by atoms with Gasteiger partial charge in [-0.2, -0.15) is 5.10 Å². The molecule has 1 aliphatic rings. The van der Waals surface area contributed by atoms with Crippen LogP contribution in [0, 0.1) is 0 Å². The predicted molar refractivity (Wildman–Crippen MR) is 107 cm³/mol. The topological polar surface area (TPSA) is 85.8 Å². The summed E-state index contributed by atoms with van der Waals surface area (Å²) in [6.07, 6.45) is 6.16. The number of aryl methyl sites for hydroxylation is 1. The zero-order chi connectivity index (χ0) is 19.6. The fraction of sp³-hybridized carbons (Fsp3) is 0.273. The summed E-state index contributed by atoms with van der Waals surface area (Å²) in [6, 6.07) is 15.3. The van der Waals surface area contributed by atoms with Gasteiger partial charge in [0.25, 0.3) is 5.91 Å². The zero-order valence-electron chi connectivity index (χ0n) is 15.9. The molecule has 7 heteroatoms. The molecule has 29 heavy (non-hydrogen) atoms. The molecule has 5 rings (SSSR count). The van der Waals surface area contributed by atoms with Gasteiger partial charge in [0.1, 0.15) is 18.2 Å². The number of fused-ring (bicyclic) bond motifs is 1. The van der Waals surface area contributed by atoms with Gasteiger partial charge >= 0.3 is 0 Å². The van der Waals surface area contributed by atoms with Gasteiger partial charge in [-0.15, -0.1) is 0 Å². The molecule has 0 bridgehead atoms. The van der Waals surface area contributed by atoms with Gasteiger partial charge in [0.05, 0.1) is 6.04 Å². The Morgan fingerprint density at radius 3 is 2.83 bits per heavy atom. The van der Waals surface area contributed by atoms with Crippen LogP contribution in [0.3, 0.4) is 0 Å². The number of oxazole rings is 1. The van der Waals surface area contributed by atoms with E-state index in [1.807, 2.05) is 36.4 Å². The number of nitrogens with one attached hydrogen (secondary N) is 1. The van der Waals surface area contributed by atoms with Crippen molar-refractivity contribution >= 4 is 17.0 Å². The second-order valence-corrected chi connectivity index (χ2v) is 7.39. The molecule has 2 aromatic heterocycles. The first-order valence-corrected chi connectivity index (χ1v) is 9.85. The van der Waals surface area contributed by atoms with E-state index in [-0.39, 0.29) is 11.9 Å². The third-order valence-corrected chi connectivity index (χ3v) is 5.21. The molecule has 1 fully saturated rings. The molecule has 1 aliphatic carbocycles. The van der Waals surface area contributed by atoms with E-state index in [1.54, 1.807) is 23.1 Å². The average molecular weight is 387 g/mol. The monoisotopic (exact) mass is 387 g/mol. The van der Waals surface area contributed by atoms with Crippen molar-refractivity contribution in [3.63, 3.8) is 0 Å². The van der Waals surface area contributed by atoms with Crippen LogP contribution in [0.15, 0.2) is 65.6 Å². The molecule has 146 valence electrons. The van der Waals surface area contributed by atoms with Crippen LogP contribution in [0.2, 0.25) is 0 Å². The van der Waals surface area contributed by atoms with Crippen LogP contribution in [-0.2, 0) is 6.54 Å². The molecule has 1 saturated carbocycles. The molecule has 0 radical (unpaired) electrons. The van der Waals surface area contributed by atoms with Gasteiger partial charge in [-0.25, -0.2) is 9.97 Å². The van der Waals surface area contributed by atoms with Crippen LogP contribution in [0.1, 0.15) is 53.0 Å². The summed E-state index contributed by atoms with van der Waals surface area (Å²) < 4.78 is 7.63. The quantitative estimate of drug-likeness (QED) is 0.520. The zero-order valence-corrected chi connectivity index (χ0v) is 15.9. The number of aromatic nitrogens is 4. The smallest absolute Gasteiger partial charge is 0.251 e. The summed E-state index contributed by atoms with van der Waals surface area (Å²) in [5.74, 6) is 1.09. The lowest BCUT2D eigenvalue weighted by molar-refractivity contribution is 0.0933. The minimum atomic E-state index is -0.139. The lowest BCUT2D eigenvalue weighted by Crippen LogP contribution is -2.29. The van der Waals surface area contributed by atoms with Gasteiger partial charge in [0, 0.05) is 18.0 Å². The number of amides is 1. The second-order valence-electron chi connectivity index (χ2n) is 7.39. The summed E-state index contributed by atoms with van der Waals surface area (Å²) >= 11 is 0. The molecular weight excluding hydrogens is 366 g/mol. The Bertz CT molecular complexity index is 1120. The average Bonchev–Trinajstić information content (AvgIpc) is 3.30. The van der Waals surface area contributed by atoms with Crippen molar-refractivity contribution in [1.29, 1.82) is 0 Å². The van der Waals surface area contributed by atoms with E-state index in [0.717, 1.165) is 29.8 Å². The molecule has 4 aromatic rings. The molecule has 1 amide bonds. The normalized spacial score (nSPS) is 14.8. The predicted octanol–water partition coefficient (Wildman–Crippen LogP) is 3.86. The highest BCUT2D eigenvalue weighted by Crippen LogP contribution is 2.40. The van der Waals surface area contributed by atoms with Crippen molar-refractivity contribution in [2.75, 3.05) is 0 Å². The molecule has 0 saturated heterocycles. The maximum absolute atomic E-state index is 13.0. The second kappa shape index (κ2) is 7.50. The number of hydrogen-bond acceptors (Lipinski definition) is 5. The summed E-state index contributed by atoms with van der Waals surface area (Å²) in [5, 5.41) is 7.30. The number of carbonyl (C=O) groups excluding carboxylic acids is 1. The third kappa shape index (κ3) is 3.89. The highest BCUT2D eigenvalue weighted by atomic mass is 16.3. The van der Waals surface area contributed by atoms with Crippen LogP contribution in [0.4, 0.5) is 0 Å². The van der Waals surface area contributed by atoms with E-state index in [4.69, 9.17) is 4.42 Å². The minimum absolute atomic E-state index is 0.135. The molecule has 0 aliphatic heterocycles. The van der Waals surface area contributed by atoms with E-state index >= 15 is 0 Å². The largest absolute Gasteiger partial charge is 0.440 e. The van der Waals surface area contributed by atoms with Crippen molar-refractivity contribution < 1.29 is 9.21 Å². The van der Waals surface area contributed by atoms with Crippen molar-refractivity contribution in [3.8, 4) is 0 Å². The Morgan fingerprint density at radius 1 is 1.21 bits per heavy atom. The van der Waals surface area contributed by atoms with E-state index in [0.29, 0.717) is 30.0 Å².